The van der Waals surface area contributed by atoms with Crippen molar-refractivity contribution in [2.45, 2.75) is 44.6 Å². The highest BCUT2D eigenvalue weighted by Gasteiger charge is 2.42. The fraction of sp³-hybridized carbons (Fsp3) is 0.625. The van der Waals surface area contributed by atoms with E-state index in [-0.39, 0.29) is 0 Å². The molecule has 2 aliphatic rings. The number of aliphatic hydroxyl groups is 1. The predicted octanol–water partition coefficient (Wildman–Crippen LogP) is 2.71. The summed E-state index contributed by atoms with van der Waals surface area (Å²) in [6.07, 6.45) is 5.52. The molecule has 0 aromatic heterocycles. The van der Waals surface area contributed by atoms with Crippen LogP contribution in [0.4, 0.5) is 11.4 Å². The number of nitrogen functional groups attached to an aromatic ring is 1. The van der Waals surface area contributed by atoms with Crippen molar-refractivity contribution in [1.82, 2.24) is 0 Å². The third-order valence-corrected chi connectivity index (χ3v) is 4.99. The van der Waals surface area contributed by atoms with Crippen molar-refractivity contribution in [2.24, 2.45) is 5.92 Å². The van der Waals surface area contributed by atoms with Gasteiger partial charge in [-0.2, -0.15) is 0 Å². The molecule has 1 saturated heterocycles. The minimum atomic E-state index is -0.392. The maximum atomic E-state index is 10.7. The van der Waals surface area contributed by atoms with Gasteiger partial charge in [0.05, 0.1) is 5.60 Å². The van der Waals surface area contributed by atoms with Gasteiger partial charge in [0.1, 0.15) is 0 Å². The van der Waals surface area contributed by atoms with Crippen molar-refractivity contribution in [3.8, 4) is 0 Å². The molecular formula is C16H24N2O. The largest absolute Gasteiger partial charge is 0.399 e. The molecule has 0 spiro atoms. The van der Waals surface area contributed by atoms with Crippen LogP contribution in [0, 0.1) is 12.8 Å². The van der Waals surface area contributed by atoms with Crippen molar-refractivity contribution in [1.29, 1.82) is 0 Å². The van der Waals surface area contributed by atoms with E-state index in [1.165, 1.54) is 30.5 Å². The normalized spacial score (nSPS) is 31.1. The zero-order valence-electron chi connectivity index (χ0n) is 11.7. The van der Waals surface area contributed by atoms with Gasteiger partial charge in [-0.3, -0.25) is 0 Å². The molecule has 1 aromatic rings. The number of hydrogen-bond donors (Lipinski definition) is 2. The Kier molecular flexibility index (Phi) is 3.17. The first kappa shape index (κ1) is 12.8. The Balaban J connectivity index is 1.80. The number of fused-ring (bicyclic) bond motifs is 1. The minimum Gasteiger partial charge on any atom is -0.399 e. The van der Waals surface area contributed by atoms with Gasteiger partial charge in [-0.15, -0.1) is 0 Å². The van der Waals surface area contributed by atoms with Gasteiger partial charge < -0.3 is 15.7 Å². The summed E-state index contributed by atoms with van der Waals surface area (Å²) in [6.45, 7) is 4.06. The first-order chi connectivity index (χ1) is 9.08. The first-order valence-corrected chi connectivity index (χ1v) is 7.42. The Bertz CT molecular complexity index is 474. The maximum Gasteiger partial charge on any atom is 0.0709 e. The van der Waals surface area contributed by atoms with Crippen molar-refractivity contribution >= 4 is 11.4 Å². The van der Waals surface area contributed by atoms with Crippen LogP contribution in [0.5, 0.6) is 0 Å². The molecule has 0 amide bonds. The summed E-state index contributed by atoms with van der Waals surface area (Å²) in [4.78, 5) is 2.43. The average molecular weight is 260 g/mol. The van der Waals surface area contributed by atoms with Crippen LogP contribution in [0.2, 0.25) is 0 Å². The summed E-state index contributed by atoms with van der Waals surface area (Å²) in [7, 11) is 0. The summed E-state index contributed by atoms with van der Waals surface area (Å²) in [5.41, 5.74) is 8.78. The van der Waals surface area contributed by atoms with E-state index in [0.29, 0.717) is 5.92 Å². The van der Waals surface area contributed by atoms with Gasteiger partial charge in [0.2, 0.25) is 0 Å². The average Bonchev–Trinajstić information content (AvgIpc) is 2.38. The van der Waals surface area contributed by atoms with E-state index in [1.54, 1.807) is 0 Å². The molecule has 0 radical (unpaired) electrons. The third-order valence-electron chi connectivity index (χ3n) is 4.99. The van der Waals surface area contributed by atoms with Gasteiger partial charge in [-0.1, -0.05) is 12.8 Å². The van der Waals surface area contributed by atoms with E-state index in [0.717, 1.165) is 31.6 Å². The van der Waals surface area contributed by atoms with E-state index >= 15 is 0 Å². The molecule has 2 fully saturated rings. The lowest BCUT2D eigenvalue weighted by atomic mass is 9.71. The molecule has 1 aliphatic carbocycles. The van der Waals surface area contributed by atoms with Crippen molar-refractivity contribution in [3.05, 3.63) is 23.8 Å². The number of nitrogens with two attached hydrogens (primary N) is 1. The maximum absolute atomic E-state index is 10.7. The summed E-state index contributed by atoms with van der Waals surface area (Å²) in [6, 6.07) is 6.14. The second kappa shape index (κ2) is 4.71. The molecule has 1 saturated carbocycles. The molecular weight excluding hydrogens is 236 g/mol. The molecule has 3 N–H and O–H groups in total. The summed E-state index contributed by atoms with van der Waals surface area (Å²) in [5.74, 6) is 0.437. The lowest BCUT2D eigenvalue weighted by molar-refractivity contribution is -0.0612. The summed E-state index contributed by atoms with van der Waals surface area (Å²) < 4.78 is 0. The van der Waals surface area contributed by atoms with Gasteiger partial charge in [-0.25, -0.2) is 0 Å². The standard InChI is InChI=1S/C16H24N2O/c1-12-10-14(17)5-6-15(12)18-9-8-16(19)7-3-2-4-13(16)11-18/h5-6,10,13,19H,2-4,7-9,11,17H2,1H3. The zero-order chi connectivity index (χ0) is 13.5. The van der Waals surface area contributed by atoms with Crippen LogP contribution in [0.3, 0.4) is 0 Å². The number of anilines is 2. The Morgan fingerprint density at radius 1 is 1.32 bits per heavy atom. The smallest absolute Gasteiger partial charge is 0.0709 e. The number of rotatable bonds is 1. The van der Waals surface area contributed by atoms with Crippen LogP contribution in [0.1, 0.15) is 37.7 Å². The monoisotopic (exact) mass is 260 g/mol. The van der Waals surface area contributed by atoms with E-state index in [4.69, 9.17) is 5.73 Å². The minimum absolute atomic E-state index is 0.392. The van der Waals surface area contributed by atoms with Gasteiger partial charge in [-0.05, 0) is 49.9 Å². The molecule has 3 rings (SSSR count). The van der Waals surface area contributed by atoms with Gasteiger partial charge in [0.15, 0.2) is 0 Å². The molecule has 1 aliphatic heterocycles. The van der Waals surface area contributed by atoms with Gasteiger partial charge in [0, 0.05) is 30.4 Å². The third kappa shape index (κ3) is 2.32. The highest BCUT2D eigenvalue weighted by atomic mass is 16.3. The Morgan fingerprint density at radius 3 is 2.95 bits per heavy atom. The zero-order valence-corrected chi connectivity index (χ0v) is 11.7. The lowest BCUT2D eigenvalue weighted by Gasteiger charge is -2.48. The van der Waals surface area contributed by atoms with Crippen LogP contribution >= 0.6 is 0 Å². The number of piperidine rings is 1. The number of aryl methyl sites for hydroxylation is 1. The Hall–Kier alpha value is -1.22. The molecule has 104 valence electrons. The Labute approximate surface area is 115 Å². The highest BCUT2D eigenvalue weighted by molar-refractivity contribution is 5.59. The predicted molar refractivity (Wildman–Crippen MR) is 79.3 cm³/mol. The van der Waals surface area contributed by atoms with Gasteiger partial charge >= 0.3 is 0 Å². The second-order valence-electron chi connectivity index (χ2n) is 6.29. The molecule has 2 atom stereocenters. The molecule has 1 aromatic carbocycles. The topological polar surface area (TPSA) is 49.5 Å². The van der Waals surface area contributed by atoms with E-state index in [2.05, 4.69) is 17.9 Å². The molecule has 19 heavy (non-hydrogen) atoms. The van der Waals surface area contributed by atoms with Crippen LogP contribution in [0.25, 0.3) is 0 Å². The van der Waals surface area contributed by atoms with Crippen molar-refractivity contribution in [2.75, 3.05) is 23.7 Å². The van der Waals surface area contributed by atoms with Crippen molar-refractivity contribution in [3.63, 3.8) is 0 Å². The quantitative estimate of drug-likeness (QED) is 0.763. The summed E-state index contributed by atoms with van der Waals surface area (Å²) >= 11 is 0. The molecule has 0 bridgehead atoms. The van der Waals surface area contributed by atoms with Crippen LogP contribution in [-0.4, -0.2) is 23.8 Å². The first-order valence-electron chi connectivity index (χ1n) is 7.42. The number of nitrogens with zero attached hydrogens (tertiary/aromatic N) is 1. The number of benzene rings is 1. The van der Waals surface area contributed by atoms with Crippen molar-refractivity contribution < 1.29 is 5.11 Å². The van der Waals surface area contributed by atoms with Crippen LogP contribution < -0.4 is 10.6 Å². The SMILES string of the molecule is Cc1cc(N)ccc1N1CCC2(O)CCCCC2C1. The molecule has 1 heterocycles. The van der Waals surface area contributed by atoms with Crippen LogP contribution in [0.15, 0.2) is 18.2 Å². The van der Waals surface area contributed by atoms with Crippen LogP contribution in [-0.2, 0) is 0 Å². The molecule has 2 unspecified atom stereocenters. The number of hydrogen-bond acceptors (Lipinski definition) is 3. The van der Waals surface area contributed by atoms with E-state index in [9.17, 15) is 5.11 Å². The molecule has 3 heteroatoms. The lowest BCUT2D eigenvalue weighted by Crippen LogP contribution is -2.53. The van der Waals surface area contributed by atoms with Gasteiger partial charge in [0.25, 0.3) is 0 Å². The van der Waals surface area contributed by atoms with E-state index < -0.39 is 5.60 Å². The second-order valence-corrected chi connectivity index (χ2v) is 6.29. The summed E-state index contributed by atoms with van der Waals surface area (Å²) in [5, 5.41) is 10.7. The fourth-order valence-electron chi connectivity index (χ4n) is 3.82. The fourth-order valence-corrected chi connectivity index (χ4v) is 3.82. The Morgan fingerprint density at radius 2 is 2.16 bits per heavy atom. The van der Waals surface area contributed by atoms with E-state index in [1.807, 2.05) is 12.1 Å². The highest BCUT2D eigenvalue weighted by Crippen LogP contribution is 2.41. The molecule has 3 nitrogen and oxygen atoms in total.